The van der Waals surface area contributed by atoms with Crippen LogP contribution in [0.25, 0.3) is 0 Å². The van der Waals surface area contributed by atoms with E-state index in [4.69, 9.17) is 9.52 Å². The van der Waals surface area contributed by atoms with Crippen molar-refractivity contribution in [2.75, 3.05) is 0 Å². The van der Waals surface area contributed by atoms with Gasteiger partial charge in [0, 0.05) is 9.75 Å². The standard InChI is InChI=1S/C12H12O5S2/c1-2-8-3-4-9(18-8)7-19(15,16)11-6-5-10(17-11)12(13)14/h3-6H,2,7H2,1H3,(H,13,14). The number of thiophene rings is 1. The Kier molecular flexibility index (Phi) is 3.77. The molecule has 0 unspecified atom stereocenters. The first-order valence-corrected chi connectivity index (χ1v) is 8.02. The van der Waals surface area contributed by atoms with Crippen LogP contribution in [0.1, 0.15) is 27.2 Å². The minimum Gasteiger partial charge on any atom is -0.475 e. The average Bonchev–Trinajstić information content (AvgIpc) is 2.95. The first-order chi connectivity index (χ1) is 8.92. The second-order valence-corrected chi connectivity index (χ2v) is 7.08. The highest BCUT2D eigenvalue weighted by Gasteiger charge is 2.22. The quantitative estimate of drug-likeness (QED) is 0.917. The van der Waals surface area contributed by atoms with Crippen LogP contribution in [-0.4, -0.2) is 19.5 Å². The van der Waals surface area contributed by atoms with Crippen molar-refractivity contribution in [2.45, 2.75) is 24.2 Å². The SMILES string of the molecule is CCc1ccc(CS(=O)(=O)c2ccc(C(=O)O)o2)s1. The third-order valence-corrected chi connectivity index (χ3v) is 5.43. The highest BCUT2D eigenvalue weighted by molar-refractivity contribution is 7.90. The molecule has 0 aliphatic rings. The highest BCUT2D eigenvalue weighted by Crippen LogP contribution is 2.24. The third kappa shape index (κ3) is 3.05. The van der Waals surface area contributed by atoms with Gasteiger partial charge < -0.3 is 9.52 Å². The van der Waals surface area contributed by atoms with E-state index in [1.807, 2.05) is 13.0 Å². The lowest BCUT2D eigenvalue weighted by atomic mass is 10.4. The Balaban J connectivity index is 2.24. The van der Waals surface area contributed by atoms with Crippen molar-refractivity contribution in [1.82, 2.24) is 0 Å². The van der Waals surface area contributed by atoms with Gasteiger partial charge in [-0.25, -0.2) is 13.2 Å². The highest BCUT2D eigenvalue weighted by atomic mass is 32.2. The zero-order chi connectivity index (χ0) is 14.0. The zero-order valence-electron chi connectivity index (χ0n) is 10.1. The Bertz CT molecular complexity index is 693. The molecule has 2 aromatic rings. The molecule has 5 nitrogen and oxygen atoms in total. The molecule has 2 aromatic heterocycles. The summed E-state index contributed by atoms with van der Waals surface area (Å²) in [6, 6.07) is 5.97. The molecule has 0 atom stereocenters. The van der Waals surface area contributed by atoms with E-state index in [-0.39, 0.29) is 16.6 Å². The number of furan rings is 1. The number of sulfone groups is 1. The van der Waals surface area contributed by atoms with Crippen LogP contribution in [0.4, 0.5) is 0 Å². The average molecular weight is 300 g/mol. The van der Waals surface area contributed by atoms with E-state index in [0.29, 0.717) is 4.88 Å². The van der Waals surface area contributed by atoms with E-state index in [9.17, 15) is 13.2 Å². The molecule has 2 rings (SSSR count). The largest absolute Gasteiger partial charge is 0.475 e. The van der Waals surface area contributed by atoms with Crippen LogP contribution in [0.2, 0.25) is 0 Å². The second-order valence-electron chi connectivity index (χ2n) is 3.90. The molecule has 0 saturated carbocycles. The molecule has 1 N–H and O–H groups in total. The van der Waals surface area contributed by atoms with Gasteiger partial charge in [0.05, 0.1) is 5.75 Å². The van der Waals surface area contributed by atoms with Crippen LogP contribution < -0.4 is 0 Å². The first kappa shape index (κ1) is 13.8. The Morgan fingerprint density at radius 2 is 1.95 bits per heavy atom. The lowest BCUT2D eigenvalue weighted by molar-refractivity contribution is 0.0656. The van der Waals surface area contributed by atoms with Gasteiger partial charge in [-0.1, -0.05) is 6.92 Å². The molecule has 0 amide bonds. The molecule has 0 saturated heterocycles. The smallest absolute Gasteiger partial charge is 0.371 e. The van der Waals surface area contributed by atoms with Crippen LogP contribution in [-0.2, 0) is 22.0 Å². The minimum atomic E-state index is -3.64. The number of hydrogen-bond donors (Lipinski definition) is 1. The molecule has 7 heteroatoms. The summed E-state index contributed by atoms with van der Waals surface area (Å²) in [5.41, 5.74) is 0. The zero-order valence-corrected chi connectivity index (χ0v) is 11.8. The van der Waals surface area contributed by atoms with Gasteiger partial charge in [0.15, 0.2) is 0 Å². The number of rotatable bonds is 5. The lowest BCUT2D eigenvalue weighted by Crippen LogP contribution is -2.02. The van der Waals surface area contributed by atoms with Crippen LogP contribution in [0.3, 0.4) is 0 Å². The van der Waals surface area contributed by atoms with E-state index in [0.717, 1.165) is 17.4 Å². The molecule has 2 heterocycles. The van der Waals surface area contributed by atoms with E-state index in [1.54, 1.807) is 6.07 Å². The molecule has 19 heavy (non-hydrogen) atoms. The maximum absolute atomic E-state index is 12.1. The second kappa shape index (κ2) is 5.18. The van der Waals surface area contributed by atoms with Crippen LogP contribution in [0.15, 0.2) is 33.8 Å². The number of carboxylic acid groups (broad SMARTS) is 1. The summed E-state index contributed by atoms with van der Waals surface area (Å²) in [4.78, 5) is 12.5. The molecule has 0 aliphatic heterocycles. The molecule has 0 fully saturated rings. The predicted molar refractivity (Wildman–Crippen MR) is 70.3 cm³/mol. The molecule has 0 aromatic carbocycles. The summed E-state index contributed by atoms with van der Waals surface area (Å²) < 4.78 is 28.9. The fraction of sp³-hybridized carbons (Fsp3) is 0.250. The molecule has 0 spiro atoms. The van der Waals surface area contributed by atoms with E-state index in [1.165, 1.54) is 17.4 Å². The normalized spacial score (nSPS) is 11.6. The number of aromatic carboxylic acids is 1. The van der Waals surface area contributed by atoms with Crippen molar-refractivity contribution >= 4 is 27.1 Å². The van der Waals surface area contributed by atoms with Gasteiger partial charge in [-0.3, -0.25) is 0 Å². The topological polar surface area (TPSA) is 84.6 Å². The van der Waals surface area contributed by atoms with E-state index >= 15 is 0 Å². The minimum absolute atomic E-state index is 0.176. The van der Waals surface area contributed by atoms with E-state index < -0.39 is 15.8 Å². The van der Waals surface area contributed by atoms with Crippen LogP contribution >= 0.6 is 11.3 Å². The number of carboxylic acids is 1. The summed E-state index contributed by atoms with van der Waals surface area (Å²) in [7, 11) is -3.64. The lowest BCUT2D eigenvalue weighted by Gasteiger charge is -1.98. The van der Waals surface area contributed by atoms with Gasteiger partial charge in [0.2, 0.25) is 20.7 Å². The number of hydrogen-bond acceptors (Lipinski definition) is 5. The molecule has 102 valence electrons. The van der Waals surface area contributed by atoms with E-state index in [2.05, 4.69) is 0 Å². The van der Waals surface area contributed by atoms with Crippen molar-refractivity contribution in [3.8, 4) is 0 Å². The van der Waals surface area contributed by atoms with Gasteiger partial charge in [0.1, 0.15) is 0 Å². The maximum Gasteiger partial charge on any atom is 0.371 e. The van der Waals surface area contributed by atoms with Crippen LogP contribution in [0, 0.1) is 0 Å². The number of carbonyl (C=O) groups is 1. The summed E-state index contributed by atoms with van der Waals surface area (Å²) >= 11 is 1.43. The summed E-state index contributed by atoms with van der Waals surface area (Å²) in [6.45, 7) is 2.00. The van der Waals surface area contributed by atoms with Gasteiger partial charge >= 0.3 is 5.97 Å². The Hall–Kier alpha value is -1.60. The van der Waals surface area contributed by atoms with Crippen molar-refractivity contribution in [3.05, 3.63) is 39.8 Å². The fourth-order valence-electron chi connectivity index (χ4n) is 1.55. The van der Waals surface area contributed by atoms with Gasteiger partial charge in [-0.2, -0.15) is 0 Å². The van der Waals surface area contributed by atoms with Crippen molar-refractivity contribution in [1.29, 1.82) is 0 Å². The van der Waals surface area contributed by atoms with Crippen molar-refractivity contribution in [3.63, 3.8) is 0 Å². The molecule has 0 aliphatic carbocycles. The Morgan fingerprint density at radius 1 is 1.26 bits per heavy atom. The fourth-order valence-corrected chi connectivity index (χ4v) is 4.11. The molecule has 0 bridgehead atoms. The van der Waals surface area contributed by atoms with Crippen molar-refractivity contribution in [2.24, 2.45) is 0 Å². The Labute approximate surface area is 114 Å². The third-order valence-electron chi connectivity index (χ3n) is 2.50. The predicted octanol–water partition coefficient (Wildman–Crippen LogP) is 2.58. The summed E-state index contributed by atoms with van der Waals surface area (Å²) in [5.74, 6) is -1.84. The van der Waals surface area contributed by atoms with Gasteiger partial charge in [0.25, 0.3) is 0 Å². The monoisotopic (exact) mass is 300 g/mol. The van der Waals surface area contributed by atoms with Gasteiger partial charge in [-0.05, 0) is 30.7 Å². The maximum atomic E-state index is 12.1. The first-order valence-electron chi connectivity index (χ1n) is 5.56. The van der Waals surface area contributed by atoms with Gasteiger partial charge in [-0.15, -0.1) is 11.3 Å². The molecule has 0 radical (unpaired) electrons. The summed E-state index contributed by atoms with van der Waals surface area (Å²) in [5, 5.41) is 8.39. The molecular formula is C12H12O5S2. The van der Waals surface area contributed by atoms with Crippen molar-refractivity contribution < 1.29 is 22.7 Å². The van der Waals surface area contributed by atoms with Crippen LogP contribution in [0.5, 0.6) is 0 Å². The Morgan fingerprint density at radius 3 is 2.47 bits per heavy atom. The molecular weight excluding hydrogens is 288 g/mol. The number of aryl methyl sites for hydroxylation is 1. The summed E-state index contributed by atoms with van der Waals surface area (Å²) in [6.07, 6.45) is 0.856.